The Kier molecular flexibility index (Phi) is 3.24. The quantitative estimate of drug-likeness (QED) is 0.824. The molecule has 0 aliphatic rings. The Bertz CT molecular complexity index is 562. The first-order chi connectivity index (χ1) is 8.19. The van der Waals surface area contributed by atoms with E-state index in [2.05, 4.69) is 4.74 Å². The summed E-state index contributed by atoms with van der Waals surface area (Å²) in [6.07, 6.45) is 1.19. The molecule has 2 aromatic rings. The zero-order valence-electron chi connectivity index (χ0n) is 9.57. The second kappa shape index (κ2) is 4.67. The van der Waals surface area contributed by atoms with E-state index >= 15 is 0 Å². The summed E-state index contributed by atoms with van der Waals surface area (Å²) in [4.78, 5) is 11.5. The first-order valence-corrected chi connectivity index (χ1v) is 5.57. The maximum atomic E-state index is 11.5. The van der Waals surface area contributed by atoms with Crippen LogP contribution in [-0.2, 0) is 4.74 Å². The summed E-state index contributed by atoms with van der Waals surface area (Å²) >= 11 is 6.05. The number of carbonyl (C=O) groups is 1. The summed E-state index contributed by atoms with van der Waals surface area (Å²) < 4.78 is 11.6. The predicted molar refractivity (Wildman–Crippen MR) is 65.9 cm³/mol. The maximum Gasteiger partial charge on any atom is 0.418 e. The molecule has 90 valence electrons. The number of aromatic nitrogens is 1. The van der Waals surface area contributed by atoms with Crippen LogP contribution in [0.2, 0.25) is 5.02 Å². The molecule has 5 heteroatoms. The molecule has 2 rings (SSSR count). The molecular formula is C12H12ClNO3. The van der Waals surface area contributed by atoms with Gasteiger partial charge >= 0.3 is 6.09 Å². The van der Waals surface area contributed by atoms with E-state index in [-0.39, 0.29) is 0 Å². The van der Waals surface area contributed by atoms with Gasteiger partial charge in [0, 0.05) is 11.6 Å². The van der Waals surface area contributed by atoms with Crippen molar-refractivity contribution >= 4 is 28.6 Å². The molecule has 4 nitrogen and oxygen atoms in total. The van der Waals surface area contributed by atoms with Crippen LogP contribution in [0.25, 0.3) is 10.9 Å². The van der Waals surface area contributed by atoms with Crippen LogP contribution >= 0.6 is 11.6 Å². The van der Waals surface area contributed by atoms with Crippen LogP contribution in [-0.4, -0.2) is 24.4 Å². The van der Waals surface area contributed by atoms with Gasteiger partial charge in [0.05, 0.1) is 24.3 Å². The minimum absolute atomic E-state index is 0.440. The summed E-state index contributed by atoms with van der Waals surface area (Å²) in [5.41, 5.74) is 0.713. The summed E-state index contributed by atoms with van der Waals surface area (Å²) in [7, 11) is 1.34. The number of methoxy groups -OCH3 is 1. The Hall–Kier alpha value is -1.68. The molecule has 1 heterocycles. The van der Waals surface area contributed by atoms with Crippen LogP contribution in [0.4, 0.5) is 4.79 Å². The molecule has 17 heavy (non-hydrogen) atoms. The first kappa shape index (κ1) is 11.8. The van der Waals surface area contributed by atoms with E-state index in [4.69, 9.17) is 16.3 Å². The van der Waals surface area contributed by atoms with Crippen LogP contribution in [0.15, 0.2) is 24.4 Å². The summed E-state index contributed by atoms with van der Waals surface area (Å²) in [5.74, 6) is 0.592. The fraction of sp³-hybridized carbons (Fsp3) is 0.250. The van der Waals surface area contributed by atoms with E-state index in [0.29, 0.717) is 22.9 Å². The molecular weight excluding hydrogens is 242 g/mol. The average Bonchev–Trinajstić information content (AvgIpc) is 2.76. The van der Waals surface area contributed by atoms with Gasteiger partial charge in [0.1, 0.15) is 5.75 Å². The molecule has 0 bridgehead atoms. The Morgan fingerprint density at radius 1 is 1.41 bits per heavy atom. The van der Waals surface area contributed by atoms with E-state index in [1.54, 1.807) is 24.4 Å². The smallest absolute Gasteiger partial charge is 0.418 e. The summed E-state index contributed by atoms with van der Waals surface area (Å²) in [6, 6.07) is 5.24. The minimum atomic E-state index is -0.440. The molecule has 1 aromatic heterocycles. The number of rotatable bonds is 2. The lowest BCUT2D eigenvalue weighted by Crippen LogP contribution is -2.09. The number of carbonyl (C=O) groups excluding carboxylic acids is 1. The molecule has 0 unspecified atom stereocenters. The van der Waals surface area contributed by atoms with Gasteiger partial charge in [-0.3, -0.25) is 4.57 Å². The topological polar surface area (TPSA) is 40.5 Å². The lowest BCUT2D eigenvalue weighted by molar-refractivity contribution is 0.174. The number of benzene rings is 1. The molecule has 0 aliphatic heterocycles. The highest BCUT2D eigenvalue weighted by Crippen LogP contribution is 2.34. The van der Waals surface area contributed by atoms with Gasteiger partial charge in [0.15, 0.2) is 0 Å². The number of hydrogen-bond donors (Lipinski definition) is 0. The Morgan fingerprint density at radius 3 is 2.82 bits per heavy atom. The van der Waals surface area contributed by atoms with E-state index in [0.717, 1.165) is 5.39 Å². The fourth-order valence-corrected chi connectivity index (χ4v) is 1.93. The van der Waals surface area contributed by atoms with Crippen molar-refractivity contribution in [2.75, 3.05) is 13.7 Å². The van der Waals surface area contributed by atoms with Gasteiger partial charge in [-0.1, -0.05) is 11.6 Å². The minimum Gasteiger partial charge on any atom is -0.492 e. The third kappa shape index (κ3) is 1.96. The van der Waals surface area contributed by atoms with Crippen molar-refractivity contribution in [1.29, 1.82) is 0 Å². The van der Waals surface area contributed by atoms with Gasteiger partial charge in [-0.15, -0.1) is 0 Å². The fourth-order valence-electron chi connectivity index (χ4n) is 1.71. The molecule has 0 N–H and O–H groups in total. The number of ether oxygens (including phenoxy) is 2. The lowest BCUT2D eigenvalue weighted by Gasteiger charge is -2.08. The van der Waals surface area contributed by atoms with Crippen LogP contribution in [0.1, 0.15) is 6.92 Å². The zero-order valence-corrected chi connectivity index (χ0v) is 10.3. The van der Waals surface area contributed by atoms with E-state index in [9.17, 15) is 4.79 Å². The number of fused-ring (bicyclic) bond motifs is 1. The van der Waals surface area contributed by atoms with Crippen LogP contribution in [0, 0.1) is 0 Å². The molecule has 0 spiro atoms. The van der Waals surface area contributed by atoms with Gasteiger partial charge in [-0.2, -0.15) is 0 Å². The summed E-state index contributed by atoms with van der Waals surface area (Å²) in [5, 5.41) is 1.33. The number of hydrogen-bond acceptors (Lipinski definition) is 3. The highest BCUT2D eigenvalue weighted by molar-refractivity contribution is 6.33. The van der Waals surface area contributed by atoms with E-state index in [1.807, 2.05) is 6.92 Å². The SMILES string of the molecule is CCOc1c(Cl)ccc2c1ccn2C(=O)OC. The van der Waals surface area contributed by atoms with Crippen molar-refractivity contribution in [3.8, 4) is 5.75 Å². The molecule has 0 saturated carbocycles. The normalized spacial score (nSPS) is 10.5. The number of nitrogens with zero attached hydrogens (tertiary/aromatic N) is 1. The highest BCUT2D eigenvalue weighted by atomic mass is 35.5. The van der Waals surface area contributed by atoms with Crippen LogP contribution < -0.4 is 4.74 Å². The second-order valence-corrected chi connectivity index (χ2v) is 3.81. The average molecular weight is 254 g/mol. The molecule has 1 aromatic carbocycles. The van der Waals surface area contributed by atoms with Crippen molar-refractivity contribution in [1.82, 2.24) is 4.57 Å². The molecule has 0 aliphatic carbocycles. The predicted octanol–water partition coefficient (Wildman–Crippen LogP) is 3.31. The van der Waals surface area contributed by atoms with Crippen molar-refractivity contribution in [2.45, 2.75) is 6.92 Å². The van der Waals surface area contributed by atoms with Crippen LogP contribution in [0.5, 0.6) is 5.75 Å². The third-order valence-corrected chi connectivity index (χ3v) is 2.73. The van der Waals surface area contributed by atoms with Gasteiger partial charge in [0.25, 0.3) is 0 Å². The van der Waals surface area contributed by atoms with Crippen molar-refractivity contribution < 1.29 is 14.3 Å². The van der Waals surface area contributed by atoms with Crippen molar-refractivity contribution in [3.05, 3.63) is 29.4 Å². The standard InChI is InChI=1S/C12H12ClNO3/c1-3-17-11-8-6-7-14(12(15)16-2)10(8)5-4-9(11)13/h4-7H,3H2,1-2H3. The van der Waals surface area contributed by atoms with E-state index < -0.39 is 6.09 Å². The van der Waals surface area contributed by atoms with Gasteiger partial charge < -0.3 is 9.47 Å². The van der Waals surface area contributed by atoms with Crippen molar-refractivity contribution in [2.24, 2.45) is 0 Å². The molecule has 0 fully saturated rings. The van der Waals surface area contributed by atoms with E-state index in [1.165, 1.54) is 11.7 Å². The molecule has 0 radical (unpaired) electrons. The second-order valence-electron chi connectivity index (χ2n) is 3.40. The highest BCUT2D eigenvalue weighted by Gasteiger charge is 2.14. The Labute approximate surface area is 104 Å². The van der Waals surface area contributed by atoms with Crippen LogP contribution in [0.3, 0.4) is 0 Å². The lowest BCUT2D eigenvalue weighted by atomic mass is 10.2. The monoisotopic (exact) mass is 253 g/mol. The molecule has 0 amide bonds. The first-order valence-electron chi connectivity index (χ1n) is 5.19. The Balaban J connectivity index is 2.64. The van der Waals surface area contributed by atoms with Crippen molar-refractivity contribution in [3.63, 3.8) is 0 Å². The van der Waals surface area contributed by atoms with Gasteiger partial charge in [-0.05, 0) is 25.1 Å². The van der Waals surface area contributed by atoms with Gasteiger partial charge in [-0.25, -0.2) is 4.79 Å². The molecule has 0 saturated heterocycles. The third-order valence-electron chi connectivity index (χ3n) is 2.43. The zero-order chi connectivity index (χ0) is 12.4. The van der Waals surface area contributed by atoms with Gasteiger partial charge in [0.2, 0.25) is 0 Å². The number of halogens is 1. The Morgan fingerprint density at radius 2 is 2.18 bits per heavy atom. The summed E-state index contributed by atoms with van der Waals surface area (Å²) in [6.45, 7) is 2.40. The maximum absolute atomic E-state index is 11.5. The molecule has 0 atom stereocenters. The largest absolute Gasteiger partial charge is 0.492 e.